The summed E-state index contributed by atoms with van der Waals surface area (Å²) in [6.45, 7) is 4.34. The Morgan fingerprint density at radius 3 is 2.87 bits per heavy atom. The van der Waals surface area contributed by atoms with Crippen molar-refractivity contribution in [2.24, 2.45) is 5.92 Å². The van der Waals surface area contributed by atoms with Gasteiger partial charge in [-0.3, -0.25) is 0 Å². The summed E-state index contributed by atoms with van der Waals surface area (Å²) in [4.78, 5) is 10.3. The molecule has 1 aromatic rings. The molecule has 1 aliphatic rings. The van der Waals surface area contributed by atoms with Gasteiger partial charge in [0.1, 0.15) is 11.9 Å². The largest absolute Gasteiger partial charge is 0.356 e. The van der Waals surface area contributed by atoms with E-state index in [1.165, 1.54) is 12.8 Å². The number of aromatic nitrogens is 2. The molecule has 0 unspecified atom stereocenters. The molecule has 0 spiro atoms. The van der Waals surface area contributed by atoms with Crippen LogP contribution in [0.3, 0.4) is 0 Å². The molecule has 1 fully saturated rings. The van der Waals surface area contributed by atoms with Gasteiger partial charge in [-0.25, -0.2) is 9.97 Å². The third-order valence-electron chi connectivity index (χ3n) is 2.85. The fourth-order valence-electron chi connectivity index (χ4n) is 1.82. The Morgan fingerprint density at radius 1 is 1.47 bits per heavy atom. The highest BCUT2D eigenvalue weighted by molar-refractivity contribution is 5.39. The molecule has 0 amide bonds. The second kappa shape index (κ2) is 4.26. The summed E-state index contributed by atoms with van der Waals surface area (Å²) in [7, 11) is 0. The van der Waals surface area contributed by atoms with E-state index in [1.807, 2.05) is 12.1 Å². The second-order valence-corrected chi connectivity index (χ2v) is 4.02. The Morgan fingerprint density at radius 2 is 2.20 bits per heavy atom. The lowest BCUT2D eigenvalue weighted by molar-refractivity contribution is 0.436. The zero-order valence-electron chi connectivity index (χ0n) is 8.85. The lowest BCUT2D eigenvalue weighted by atomic mass is 9.99. The van der Waals surface area contributed by atoms with E-state index < -0.39 is 0 Å². The predicted molar refractivity (Wildman–Crippen MR) is 57.4 cm³/mol. The Balaban J connectivity index is 2.12. The van der Waals surface area contributed by atoms with Gasteiger partial charge in [-0.1, -0.05) is 6.92 Å². The van der Waals surface area contributed by atoms with Gasteiger partial charge < -0.3 is 4.90 Å². The zero-order valence-corrected chi connectivity index (χ0v) is 8.85. The van der Waals surface area contributed by atoms with Gasteiger partial charge in [-0.15, -0.1) is 0 Å². The van der Waals surface area contributed by atoms with E-state index >= 15 is 0 Å². The van der Waals surface area contributed by atoms with Crippen LogP contribution in [0.15, 0.2) is 12.3 Å². The second-order valence-electron chi connectivity index (χ2n) is 4.02. The van der Waals surface area contributed by atoms with E-state index in [-0.39, 0.29) is 5.82 Å². The van der Waals surface area contributed by atoms with Gasteiger partial charge in [-0.05, 0) is 24.8 Å². The van der Waals surface area contributed by atoms with E-state index in [1.54, 1.807) is 6.20 Å². The van der Waals surface area contributed by atoms with Crippen molar-refractivity contribution >= 4 is 5.82 Å². The third-order valence-corrected chi connectivity index (χ3v) is 2.85. The van der Waals surface area contributed by atoms with Crippen LogP contribution in [0.1, 0.15) is 25.6 Å². The van der Waals surface area contributed by atoms with Gasteiger partial charge in [0.05, 0.1) is 0 Å². The van der Waals surface area contributed by atoms with Crippen LogP contribution in [0.4, 0.5) is 5.82 Å². The number of hydrogen-bond donors (Lipinski definition) is 0. The van der Waals surface area contributed by atoms with Crippen LogP contribution in [0, 0.1) is 17.2 Å². The van der Waals surface area contributed by atoms with Gasteiger partial charge in [0.2, 0.25) is 5.82 Å². The molecule has 0 radical (unpaired) electrons. The Labute approximate surface area is 89.6 Å². The van der Waals surface area contributed by atoms with E-state index in [0.717, 1.165) is 24.8 Å². The summed E-state index contributed by atoms with van der Waals surface area (Å²) in [5, 5.41) is 8.71. The van der Waals surface area contributed by atoms with Gasteiger partial charge in [0.25, 0.3) is 0 Å². The molecule has 0 atom stereocenters. The Kier molecular flexibility index (Phi) is 2.82. The fourth-order valence-corrected chi connectivity index (χ4v) is 1.82. The van der Waals surface area contributed by atoms with Crippen molar-refractivity contribution in [2.45, 2.75) is 19.8 Å². The lowest BCUT2D eigenvalue weighted by Gasteiger charge is -2.30. The highest BCUT2D eigenvalue weighted by Gasteiger charge is 2.16. The molecule has 78 valence electrons. The van der Waals surface area contributed by atoms with Crippen molar-refractivity contribution in [1.82, 2.24) is 9.97 Å². The van der Waals surface area contributed by atoms with Crippen LogP contribution in [0.2, 0.25) is 0 Å². The SMILES string of the molecule is CC1CCN(c2ccnc(C#N)n2)CC1. The molecule has 1 aromatic heterocycles. The third kappa shape index (κ3) is 2.24. The van der Waals surface area contributed by atoms with E-state index in [0.29, 0.717) is 0 Å². The van der Waals surface area contributed by atoms with Crippen molar-refractivity contribution in [3.8, 4) is 6.07 Å². The predicted octanol–water partition coefficient (Wildman–Crippen LogP) is 1.58. The smallest absolute Gasteiger partial charge is 0.234 e. The molecule has 0 saturated carbocycles. The number of nitrogens with zero attached hydrogens (tertiary/aromatic N) is 4. The highest BCUT2D eigenvalue weighted by Crippen LogP contribution is 2.20. The van der Waals surface area contributed by atoms with Crippen molar-refractivity contribution in [3.05, 3.63) is 18.1 Å². The zero-order chi connectivity index (χ0) is 10.7. The molecule has 2 rings (SSSR count). The minimum atomic E-state index is 0.256. The van der Waals surface area contributed by atoms with Gasteiger partial charge >= 0.3 is 0 Å². The molecule has 0 aromatic carbocycles. The molecule has 1 saturated heterocycles. The Hall–Kier alpha value is -1.63. The number of hydrogen-bond acceptors (Lipinski definition) is 4. The summed E-state index contributed by atoms with van der Waals surface area (Å²) in [5.41, 5.74) is 0. The van der Waals surface area contributed by atoms with Gasteiger partial charge in [0.15, 0.2) is 0 Å². The molecular weight excluding hydrogens is 188 g/mol. The van der Waals surface area contributed by atoms with Crippen LogP contribution in [0.5, 0.6) is 0 Å². The van der Waals surface area contributed by atoms with Crippen molar-refractivity contribution in [3.63, 3.8) is 0 Å². The van der Waals surface area contributed by atoms with Crippen LogP contribution in [0.25, 0.3) is 0 Å². The van der Waals surface area contributed by atoms with Gasteiger partial charge in [0, 0.05) is 19.3 Å². The summed E-state index contributed by atoms with van der Waals surface area (Å²) in [5.74, 6) is 1.94. The Bertz CT molecular complexity index is 374. The maximum absolute atomic E-state index is 8.71. The van der Waals surface area contributed by atoms with Crippen LogP contribution in [-0.2, 0) is 0 Å². The van der Waals surface area contributed by atoms with E-state index in [9.17, 15) is 0 Å². The van der Waals surface area contributed by atoms with Crippen LogP contribution >= 0.6 is 0 Å². The quantitative estimate of drug-likeness (QED) is 0.693. The molecule has 4 heteroatoms. The first-order valence-electron chi connectivity index (χ1n) is 5.27. The fraction of sp³-hybridized carbons (Fsp3) is 0.545. The molecule has 0 N–H and O–H groups in total. The first-order chi connectivity index (χ1) is 7.29. The van der Waals surface area contributed by atoms with Gasteiger partial charge in [-0.2, -0.15) is 5.26 Å². The number of piperidine rings is 1. The minimum absolute atomic E-state index is 0.256. The topological polar surface area (TPSA) is 52.8 Å². The average Bonchev–Trinajstić information content (AvgIpc) is 2.30. The summed E-state index contributed by atoms with van der Waals surface area (Å²) in [6, 6.07) is 3.84. The standard InChI is InChI=1S/C11H14N4/c1-9-3-6-15(7-4-9)11-2-5-13-10(8-12)14-11/h2,5,9H,3-4,6-7H2,1H3. The van der Waals surface area contributed by atoms with Crippen LogP contribution < -0.4 is 4.90 Å². The molecule has 0 bridgehead atoms. The summed E-state index contributed by atoms with van der Waals surface area (Å²) < 4.78 is 0. The first kappa shape index (κ1) is 9.91. The maximum Gasteiger partial charge on any atom is 0.234 e. The number of nitriles is 1. The van der Waals surface area contributed by atoms with Crippen molar-refractivity contribution in [2.75, 3.05) is 18.0 Å². The summed E-state index contributed by atoms with van der Waals surface area (Å²) >= 11 is 0. The molecule has 2 heterocycles. The van der Waals surface area contributed by atoms with Crippen molar-refractivity contribution in [1.29, 1.82) is 5.26 Å². The molecular formula is C11H14N4. The normalized spacial score (nSPS) is 17.5. The summed E-state index contributed by atoms with van der Waals surface area (Å²) in [6.07, 6.45) is 4.05. The van der Waals surface area contributed by atoms with Crippen molar-refractivity contribution < 1.29 is 0 Å². The number of rotatable bonds is 1. The van der Waals surface area contributed by atoms with Crippen LogP contribution in [-0.4, -0.2) is 23.1 Å². The average molecular weight is 202 g/mol. The maximum atomic E-state index is 8.71. The molecule has 1 aliphatic heterocycles. The lowest BCUT2D eigenvalue weighted by Crippen LogP contribution is -2.33. The monoisotopic (exact) mass is 202 g/mol. The molecule has 0 aliphatic carbocycles. The molecule has 4 nitrogen and oxygen atoms in total. The first-order valence-corrected chi connectivity index (χ1v) is 5.27. The molecule has 15 heavy (non-hydrogen) atoms. The minimum Gasteiger partial charge on any atom is -0.356 e. The highest BCUT2D eigenvalue weighted by atomic mass is 15.2. The van der Waals surface area contributed by atoms with E-state index in [4.69, 9.17) is 5.26 Å². The van der Waals surface area contributed by atoms with E-state index in [2.05, 4.69) is 21.8 Å². The number of anilines is 1.